The van der Waals surface area contributed by atoms with Gasteiger partial charge in [0, 0.05) is 16.2 Å². The average molecular weight is 363 g/mol. The summed E-state index contributed by atoms with van der Waals surface area (Å²) in [6.45, 7) is 5.13. The molecule has 112 valence electrons. The van der Waals surface area contributed by atoms with Crippen LogP contribution in [-0.4, -0.2) is 25.6 Å². The molecule has 0 bridgehead atoms. The van der Waals surface area contributed by atoms with Crippen molar-refractivity contribution in [3.63, 3.8) is 0 Å². The second-order valence-corrected chi connectivity index (χ2v) is 7.79. The fourth-order valence-corrected chi connectivity index (χ4v) is 3.93. The summed E-state index contributed by atoms with van der Waals surface area (Å²) in [5.74, 6) is -0.497. The zero-order chi connectivity index (χ0) is 15.5. The quantitative estimate of drug-likeness (QED) is 0.784. The van der Waals surface area contributed by atoms with Crippen LogP contribution in [0.15, 0.2) is 27.6 Å². The summed E-state index contributed by atoms with van der Waals surface area (Å²) >= 11 is 3.17. The Kier molecular flexibility index (Phi) is 5.59. The third-order valence-corrected chi connectivity index (χ3v) is 6.13. The largest absolute Gasteiger partial charge is 0.399 e. The zero-order valence-corrected chi connectivity index (χ0v) is 14.1. The number of nitrogen functional groups attached to an aromatic ring is 1. The van der Waals surface area contributed by atoms with E-state index >= 15 is 0 Å². The highest BCUT2D eigenvalue weighted by atomic mass is 79.9. The Morgan fingerprint density at radius 2 is 2.00 bits per heavy atom. The summed E-state index contributed by atoms with van der Waals surface area (Å²) in [7, 11) is -3.75. The minimum absolute atomic E-state index is 0.0602. The van der Waals surface area contributed by atoms with Crippen molar-refractivity contribution in [2.45, 2.75) is 43.4 Å². The summed E-state index contributed by atoms with van der Waals surface area (Å²) < 4.78 is 25.2. The van der Waals surface area contributed by atoms with Crippen molar-refractivity contribution < 1.29 is 13.2 Å². The van der Waals surface area contributed by atoms with Crippen LogP contribution < -0.4 is 11.1 Å². The molecule has 0 saturated heterocycles. The highest BCUT2D eigenvalue weighted by molar-refractivity contribution is 9.10. The van der Waals surface area contributed by atoms with Gasteiger partial charge >= 0.3 is 0 Å². The molecule has 0 fully saturated rings. The normalized spacial score (nSPS) is 14.6. The van der Waals surface area contributed by atoms with Crippen molar-refractivity contribution >= 4 is 37.4 Å². The lowest BCUT2D eigenvalue weighted by Crippen LogP contribution is -2.42. The number of amides is 1. The Balaban J connectivity index is 3.07. The number of sulfone groups is 1. The maximum atomic E-state index is 12.4. The number of halogens is 1. The first-order valence-corrected chi connectivity index (χ1v) is 8.63. The molecule has 5 nitrogen and oxygen atoms in total. The van der Waals surface area contributed by atoms with Crippen LogP contribution in [0.5, 0.6) is 0 Å². The standard InChI is InChI=1S/C13H19BrN2O3S/c1-4-8(2)16-13(17)9(3)20(18,19)12-6-5-10(15)7-11(12)14/h5-9H,4,15H2,1-3H3,(H,16,17). The van der Waals surface area contributed by atoms with E-state index in [1.54, 1.807) is 0 Å². The first kappa shape index (κ1) is 17.0. The maximum absolute atomic E-state index is 12.4. The predicted octanol–water partition coefficient (Wildman–Crippen LogP) is 2.11. The van der Waals surface area contributed by atoms with E-state index in [-0.39, 0.29) is 10.9 Å². The lowest BCUT2D eigenvalue weighted by Gasteiger charge is -2.17. The van der Waals surface area contributed by atoms with Crippen molar-refractivity contribution in [2.75, 3.05) is 5.73 Å². The molecule has 1 rings (SSSR count). The van der Waals surface area contributed by atoms with Gasteiger partial charge in [0.2, 0.25) is 5.91 Å². The van der Waals surface area contributed by atoms with Gasteiger partial charge in [0.1, 0.15) is 5.25 Å². The molecule has 1 aromatic carbocycles. The average Bonchev–Trinajstić information content (AvgIpc) is 2.36. The van der Waals surface area contributed by atoms with Gasteiger partial charge in [-0.25, -0.2) is 8.42 Å². The molecule has 1 aromatic rings. The monoisotopic (exact) mass is 362 g/mol. The number of anilines is 1. The van der Waals surface area contributed by atoms with Crippen LogP contribution >= 0.6 is 15.9 Å². The zero-order valence-electron chi connectivity index (χ0n) is 11.7. The lowest BCUT2D eigenvalue weighted by molar-refractivity contribution is -0.121. The maximum Gasteiger partial charge on any atom is 0.238 e. The smallest absolute Gasteiger partial charge is 0.238 e. The van der Waals surface area contributed by atoms with E-state index in [9.17, 15) is 13.2 Å². The van der Waals surface area contributed by atoms with Crippen LogP contribution in [-0.2, 0) is 14.6 Å². The molecular formula is C13H19BrN2O3S. The third-order valence-electron chi connectivity index (χ3n) is 3.10. The van der Waals surface area contributed by atoms with Crippen LogP contribution in [0.1, 0.15) is 27.2 Å². The Labute approximate surface area is 128 Å². The Morgan fingerprint density at radius 3 is 2.50 bits per heavy atom. The SMILES string of the molecule is CCC(C)NC(=O)C(C)S(=O)(=O)c1ccc(N)cc1Br. The first-order chi connectivity index (χ1) is 9.20. The van der Waals surface area contributed by atoms with E-state index in [0.29, 0.717) is 10.2 Å². The predicted molar refractivity (Wildman–Crippen MR) is 83.1 cm³/mol. The Bertz CT molecular complexity index is 602. The second-order valence-electron chi connectivity index (χ2n) is 4.69. The molecule has 1 amide bonds. The van der Waals surface area contributed by atoms with Crippen molar-refractivity contribution in [3.8, 4) is 0 Å². The molecule has 2 atom stereocenters. The van der Waals surface area contributed by atoms with Gasteiger partial charge < -0.3 is 11.1 Å². The van der Waals surface area contributed by atoms with Crippen LogP contribution in [0.25, 0.3) is 0 Å². The van der Waals surface area contributed by atoms with Gasteiger partial charge in [-0.1, -0.05) is 6.92 Å². The molecule has 0 aliphatic heterocycles. The van der Waals surface area contributed by atoms with Crippen molar-refractivity contribution in [3.05, 3.63) is 22.7 Å². The summed E-state index contributed by atoms with van der Waals surface area (Å²) in [5.41, 5.74) is 6.04. The number of nitrogens with two attached hydrogens (primary N) is 1. The van der Waals surface area contributed by atoms with Gasteiger partial charge in [0.25, 0.3) is 0 Å². The molecule has 0 radical (unpaired) electrons. The fraction of sp³-hybridized carbons (Fsp3) is 0.462. The molecular weight excluding hydrogens is 344 g/mol. The van der Waals surface area contributed by atoms with Gasteiger partial charge in [-0.2, -0.15) is 0 Å². The van der Waals surface area contributed by atoms with E-state index in [2.05, 4.69) is 21.2 Å². The molecule has 0 aliphatic carbocycles. The molecule has 7 heteroatoms. The Hall–Kier alpha value is -1.08. The molecule has 0 spiro atoms. The van der Waals surface area contributed by atoms with Gasteiger partial charge in [-0.3, -0.25) is 4.79 Å². The van der Waals surface area contributed by atoms with E-state index in [1.165, 1.54) is 25.1 Å². The molecule has 3 N–H and O–H groups in total. The number of hydrogen-bond acceptors (Lipinski definition) is 4. The Morgan fingerprint density at radius 1 is 1.40 bits per heavy atom. The van der Waals surface area contributed by atoms with Crippen LogP contribution in [0.2, 0.25) is 0 Å². The van der Waals surface area contributed by atoms with Crippen LogP contribution in [0.4, 0.5) is 5.69 Å². The van der Waals surface area contributed by atoms with E-state index < -0.39 is 21.0 Å². The van der Waals surface area contributed by atoms with E-state index in [4.69, 9.17) is 5.73 Å². The van der Waals surface area contributed by atoms with E-state index in [0.717, 1.165) is 6.42 Å². The number of carbonyl (C=O) groups excluding carboxylic acids is 1. The molecule has 0 heterocycles. The van der Waals surface area contributed by atoms with E-state index in [1.807, 2.05) is 13.8 Å². The van der Waals surface area contributed by atoms with Crippen LogP contribution in [0, 0.1) is 0 Å². The van der Waals surface area contributed by atoms with Gasteiger partial charge in [-0.15, -0.1) is 0 Å². The van der Waals surface area contributed by atoms with Gasteiger partial charge in [0.05, 0.1) is 4.90 Å². The number of hydrogen-bond donors (Lipinski definition) is 2. The minimum Gasteiger partial charge on any atom is -0.399 e. The van der Waals surface area contributed by atoms with Gasteiger partial charge in [-0.05, 0) is 54.4 Å². The third kappa shape index (κ3) is 3.73. The minimum atomic E-state index is -3.75. The summed E-state index contributed by atoms with van der Waals surface area (Å²) in [5, 5.41) is 1.52. The summed E-state index contributed by atoms with van der Waals surface area (Å²) in [6, 6.07) is 4.35. The van der Waals surface area contributed by atoms with Crippen molar-refractivity contribution in [1.29, 1.82) is 0 Å². The number of nitrogens with one attached hydrogen (secondary N) is 1. The van der Waals surface area contributed by atoms with Crippen molar-refractivity contribution in [2.24, 2.45) is 0 Å². The molecule has 20 heavy (non-hydrogen) atoms. The number of benzene rings is 1. The molecule has 0 aliphatic rings. The number of carbonyl (C=O) groups is 1. The summed E-state index contributed by atoms with van der Waals surface area (Å²) in [4.78, 5) is 12.0. The first-order valence-electron chi connectivity index (χ1n) is 6.29. The molecule has 2 unspecified atom stereocenters. The lowest BCUT2D eigenvalue weighted by atomic mass is 10.2. The van der Waals surface area contributed by atoms with Crippen molar-refractivity contribution in [1.82, 2.24) is 5.32 Å². The topological polar surface area (TPSA) is 89.3 Å². The fourth-order valence-electron chi connectivity index (χ4n) is 1.54. The highest BCUT2D eigenvalue weighted by Gasteiger charge is 2.31. The summed E-state index contributed by atoms with van der Waals surface area (Å²) in [6.07, 6.45) is 0.740. The molecule has 0 aromatic heterocycles. The second kappa shape index (κ2) is 6.58. The highest BCUT2D eigenvalue weighted by Crippen LogP contribution is 2.27. The molecule has 0 saturated carbocycles. The van der Waals surface area contributed by atoms with Crippen LogP contribution in [0.3, 0.4) is 0 Å². The van der Waals surface area contributed by atoms with Gasteiger partial charge in [0.15, 0.2) is 9.84 Å². The number of rotatable bonds is 5.